The molecule has 1 fully saturated rings. The molecule has 1 aromatic rings. The van der Waals surface area contributed by atoms with E-state index in [1.165, 1.54) is 37.9 Å². The average Bonchev–Trinajstić information content (AvgIpc) is 2.61. The highest BCUT2D eigenvalue weighted by Crippen LogP contribution is 2.31. The summed E-state index contributed by atoms with van der Waals surface area (Å²) in [7, 11) is 0. The molecule has 0 aliphatic carbocycles. The van der Waals surface area contributed by atoms with Gasteiger partial charge in [0.1, 0.15) is 5.75 Å². The number of guanidine groups is 1. The molecule has 5 nitrogen and oxygen atoms in total. The summed E-state index contributed by atoms with van der Waals surface area (Å²) < 4.78 is 5.69. The molecule has 2 atom stereocenters. The van der Waals surface area contributed by atoms with Crippen LogP contribution in [0.25, 0.3) is 0 Å². The molecule has 2 aliphatic heterocycles. The minimum Gasteiger partial charge on any atom is -0.493 e. The van der Waals surface area contributed by atoms with Gasteiger partial charge in [-0.2, -0.15) is 0 Å². The van der Waals surface area contributed by atoms with Crippen LogP contribution >= 0.6 is 0 Å². The molecule has 24 heavy (non-hydrogen) atoms. The third kappa shape index (κ3) is 4.63. The first kappa shape index (κ1) is 17.1. The van der Waals surface area contributed by atoms with Gasteiger partial charge >= 0.3 is 0 Å². The van der Waals surface area contributed by atoms with Gasteiger partial charge in [-0.3, -0.25) is 4.99 Å². The molecule has 0 spiro atoms. The lowest BCUT2D eigenvalue weighted by molar-refractivity contribution is 0.203. The van der Waals surface area contributed by atoms with Gasteiger partial charge in [0, 0.05) is 25.1 Å². The molecule has 132 valence electrons. The standard InChI is InChI=1S/C19H30N4O/c1-15(14-23-10-5-2-6-11-23)13-21-19(20)22-17-9-12-24-18-8-4-3-7-16(17)18/h3-4,7-8,15,17H,2,5-6,9-14H2,1H3,(H3,20,21,22). The van der Waals surface area contributed by atoms with Crippen LogP contribution in [0.1, 0.15) is 44.2 Å². The number of nitrogens with two attached hydrogens (primary N) is 1. The van der Waals surface area contributed by atoms with Gasteiger partial charge in [-0.15, -0.1) is 0 Å². The first-order chi connectivity index (χ1) is 11.7. The maximum absolute atomic E-state index is 6.13. The summed E-state index contributed by atoms with van der Waals surface area (Å²) in [6.45, 7) is 7.35. The van der Waals surface area contributed by atoms with E-state index in [4.69, 9.17) is 10.5 Å². The Bertz CT molecular complexity index is 554. The lowest BCUT2D eigenvalue weighted by atomic mass is 10.0. The SMILES string of the molecule is CC(CN=C(N)NC1CCOc2ccccc21)CN1CCCCC1. The third-order valence-electron chi connectivity index (χ3n) is 4.87. The van der Waals surface area contributed by atoms with E-state index < -0.39 is 0 Å². The molecule has 3 N–H and O–H groups in total. The number of rotatable bonds is 5. The van der Waals surface area contributed by atoms with Crippen LogP contribution in [-0.2, 0) is 0 Å². The Labute approximate surface area is 145 Å². The van der Waals surface area contributed by atoms with Crippen LogP contribution in [0.15, 0.2) is 29.3 Å². The Morgan fingerprint density at radius 2 is 2.12 bits per heavy atom. The van der Waals surface area contributed by atoms with E-state index in [0.717, 1.165) is 25.3 Å². The van der Waals surface area contributed by atoms with Gasteiger partial charge in [-0.05, 0) is 37.9 Å². The van der Waals surface area contributed by atoms with Crippen molar-refractivity contribution in [3.8, 4) is 5.75 Å². The number of benzene rings is 1. The normalized spacial score (nSPS) is 23.2. The van der Waals surface area contributed by atoms with Gasteiger partial charge in [-0.25, -0.2) is 0 Å². The van der Waals surface area contributed by atoms with E-state index in [9.17, 15) is 0 Å². The number of nitrogens with zero attached hydrogens (tertiary/aromatic N) is 2. The van der Waals surface area contributed by atoms with Crippen molar-refractivity contribution in [2.75, 3.05) is 32.8 Å². The summed E-state index contributed by atoms with van der Waals surface area (Å²) in [6, 6.07) is 8.34. The molecule has 1 aromatic carbocycles. The van der Waals surface area contributed by atoms with Gasteiger partial charge in [0.05, 0.1) is 12.6 Å². The minimum absolute atomic E-state index is 0.191. The Hall–Kier alpha value is -1.75. The maximum Gasteiger partial charge on any atom is 0.189 e. The van der Waals surface area contributed by atoms with Crippen LogP contribution in [0.3, 0.4) is 0 Å². The molecular formula is C19H30N4O. The van der Waals surface area contributed by atoms with E-state index >= 15 is 0 Å². The van der Waals surface area contributed by atoms with Crippen LogP contribution in [0.5, 0.6) is 5.75 Å². The van der Waals surface area contributed by atoms with Crippen molar-refractivity contribution >= 4 is 5.96 Å². The Balaban J connectivity index is 1.49. The molecule has 0 bridgehead atoms. The number of hydrogen-bond acceptors (Lipinski definition) is 3. The van der Waals surface area contributed by atoms with E-state index in [2.05, 4.69) is 28.2 Å². The Kier molecular flexibility index (Phi) is 5.96. The lowest BCUT2D eigenvalue weighted by Crippen LogP contribution is -2.38. The van der Waals surface area contributed by atoms with Gasteiger partial charge in [-0.1, -0.05) is 31.5 Å². The summed E-state index contributed by atoms with van der Waals surface area (Å²) in [5.74, 6) is 2.03. The van der Waals surface area contributed by atoms with Gasteiger partial charge in [0.2, 0.25) is 0 Å². The first-order valence-electron chi connectivity index (χ1n) is 9.23. The second-order valence-corrected chi connectivity index (χ2v) is 7.06. The fourth-order valence-corrected chi connectivity index (χ4v) is 3.61. The topological polar surface area (TPSA) is 62.9 Å². The number of likely N-dealkylation sites (tertiary alicyclic amines) is 1. The van der Waals surface area contributed by atoms with Gasteiger partial charge < -0.3 is 20.7 Å². The highest BCUT2D eigenvalue weighted by molar-refractivity contribution is 5.78. The number of para-hydroxylation sites is 1. The van der Waals surface area contributed by atoms with Crippen molar-refractivity contribution < 1.29 is 4.74 Å². The Morgan fingerprint density at radius 1 is 1.33 bits per heavy atom. The largest absolute Gasteiger partial charge is 0.493 e. The number of ether oxygens (including phenoxy) is 1. The van der Waals surface area contributed by atoms with E-state index in [1.807, 2.05) is 18.2 Å². The van der Waals surface area contributed by atoms with Crippen molar-refractivity contribution in [3.05, 3.63) is 29.8 Å². The monoisotopic (exact) mass is 330 g/mol. The lowest BCUT2D eigenvalue weighted by Gasteiger charge is -2.29. The summed E-state index contributed by atoms with van der Waals surface area (Å²) in [6.07, 6.45) is 4.97. The van der Waals surface area contributed by atoms with Crippen molar-refractivity contribution in [2.45, 2.75) is 38.6 Å². The molecule has 2 unspecified atom stereocenters. The second kappa shape index (κ2) is 8.38. The average molecular weight is 330 g/mol. The van der Waals surface area contributed by atoms with Crippen LogP contribution in [0, 0.1) is 5.92 Å². The fourth-order valence-electron chi connectivity index (χ4n) is 3.61. The highest BCUT2D eigenvalue weighted by Gasteiger charge is 2.21. The molecule has 0 amide bonds. The number of hydrogen-bond donors (Lipinski definition) is 2. The smallest absolute Gasteiger partial charge is 0.189 e. The molecule has 0 saturated carbocycles. The summed E-state index contributed by atoms with van der Waals surface area (Å²) in [5.41, 5.74) is 7.30. The van der Waals surface area contributed by atoms with Gasteiger partial charge in [0.15, 0.2) is 5.96 Å². The van der Waals surface area contributed by atoms with Crippen molar-refractivity contribution in [3.63, 3.8) is 0 Å². The summed E-state index contributed by atoms with van der Waals surface area (Å²) in [5, 5.41) is 3.37. The van der Waals surface area contributed by atoms with Crippen molar-refractivity contribution in [1.29, 1.82) is 0 Å². The molecule has 3 rings (SSSR count). The van der Waals surface area contributed by atoms with Crippen molar-refractivity contribution in [1.82, 2.24) is 10.2 Å². The fraction of sp³-hybridized carbons (Fsp3) is 0.632. The second-order valence-electron chi connectivity index (χ2n) is 7.06. The molecular weight excluding hydrogens is 300 g/mol. The number of aliphatic imine (C=N–C) groups is 1. The van der Waals surface area contributed by atoms with Crippen LogP contribution in [-0.4, -0.2) is 43.6 Å². The molecule has 2 heterocycles. The number of piperidine rings is 1. The third-order valence-corrected chi connectivity index (χ3v) is 4.87. The zero-order chi connectivity index (χ0) is 16.8. The zero-order valence-electron chi connectivity index (χ0n) is 14.7. The van der Waals surface area contributed by atoms with Gasteiger partial charge in [0.25, 0.3) is 0 Å². The van der Waals surface area contributed by atoms with Crippen LogP contribution in [0.2, 0.25) is 0 Å². The summed E-state index contributed by atoms with van der Waals surface area (Å²) >= 11 is 0. The number of nitrogens with one attached hydrogen (secondary N) is 1. The van der Waals surface area contributed by atoms with E-state index in [0.29, 0.717) is 18.5 Å². The molecule has 5 heteroatoms. The van der Waals surface area contributed by atoms with E-state index in [1.54, 1.807) is 0 Å². The molecule has 0 radical (unpaired) electrons. The number of fused-ring (bicyclic) bond motifs is 1. The first-order valence-corrected chi connectivity index (χ1v) is 9.23. The van der Waals surface area contributed by atoms with Crippen LogP contribution < -0.4 is 15.8 Å². The van der Waals surface area contributed by atoms with E-state index in [-0.39, 0.29) is 6.04 Å². The molecule has 1 saturated heterocycles. The maximum atomic E-state index is 6.13. The Morgan fingerprint density at radius 3 is 2.96 bits per heavy atom. The predicted molar refractivity (Wildman–Crippen MR) is 98.4 cm³/mol. The highest BCUT2D eigenvalue weighted by atomic mass is 16.5. The van der Waals surface area contributed by atoms with Crippen molar-refractivity contribution in [2.24, 2.45) is 16.6 Å². The minimum atomic E-state index is 0.191. The quantitative estimate of drug-likeness (QED) is 0.643. The molecule has 0 aromatic heterocycles. The van der Waals surface area contributed by atoms with Crippen LogP contribution in [0.4, 0.5) is 0 Å². The molecule has 2 aliphatic rings. The predicted octanol–water partition coefficient (Wildman–Crippen LogP) is 2.54. The summed E-state index contributed by atoms with van der Waals surface area (Å²) in [4.78, 5) is 7.13. The zero-order valence-corrected chi connectivity index (χ0v) is 14.7.